The Bertz CT molecular complexity index is 1110. The summed E-state index contributed by atoms with van der Waals surface area (Å²) in [5.41, 5.74) is 1.23. The van der Waals surface area contributed by atoms with Gasteiger partial charge in [0.25, 0.3) is 0 Å². The molecule has 0 saturated carbocycles. The van der Waals surface area contributed by atoms with Crippen LogP contribution in [0.4, 0.5) is 0 Å². The lowest BCUT2D eigenvalue weighted by Gasteiger charge is -2.54. The van der Waals surface area contributed by atoms with E-state index in [2.05, 4.69) is 87.9 Å². The smallest absolute Gasteiger partial charge is 0.118 e. The average Bonchev–Trinajstić information content (AvgIpc) is 2.82. The monoisotopic (exact) mass is 573 g/mol. The highest BCUT2D eigenvalue weighted by molar-refractivity contribution is 7.95. The lowest BCUT2D eigenvalue weighted by molar-refractivity contribution is -0.0162. The van der Waals surface area contributed by atoms with Crippen molar-refractivity contribution in [2.75, 3.05) is 13.2 Å². The zero-order valence-corrected chi connectivity index (χ0v) is 25.5. The molecule has 0 amide bonds. The molecule has 0 bridgehead atoms. The van der Waals surface area contributed by atoms with Crippen LogP contribution >= 0.6 is 42.1 Å². The van der Waals surface area contributed by atoms with E-state index in [1.807, 2.05) is 36.4 Å². The van der Waals surface area contributed by atoms with Gasteiger partial charge in [-0.05, 0) is 120 Å². The molecule has 4 rings (SSSR count). The summed E-state index contributed by atoms with van der Waals surface area (Å²) in [6.45, 7) is 13.9. The molecule has 0 unspecified atom stereocenters. The Labute approximate surface area is 238 Å². The van der Waals surface area contributed by atoms with E-state index in [0.717, 1.165) is 39.8 Å². The Hall–Kier alpha value is -1.54. The van der Waals surface area contributed by atoms with Gasteiger partial charge < -0.3 is 5.32 Å². The molecule has 196 valence electrons. The van der Waals surface area contributed by atoms with Gasteiger partial charge in [0.05, 0.1) is 0 Å². The van der Waals surface area contributed by atoms with Crippen molar-refractivity contribution in [2.24, 2.45) is 0 Å². The summed E-state index contributed by atoms with van der Waals surface area (Å²) in [6.07, 6.45) is 2.89. The van der Waals surface area contributed by atoms with E-state index in [1.165, 1.54) is 15.9 Å². The average molecular weight is 575 g/mol. The van der Waals surface area contributed by atoms with Crippen LogP contribution in [0.5, 0.6) is 0 Å². The van der Waals surface area contributed by atoms with Gasteiger partial charge in [0, 0.05) is 37.9 Å². The molecule has 0 radical (unpaired) electrons. The largest absolute Gasteiger partial charge is 0.383 e. The van der Waals surface area contributed by atoms with Crippen molar-refractivity contribution in [3.8, 4) is 0 Å². The second-order valence-corrected chi connectivity index (χ2v) is 16.2. The first-order chi connectivity index (χ1) is 17.3. The van der Waals surface area contributed by atoms with E-state index >= 15 is 0 Å². The number of rotatable bonds is 7. The minimum Gasteiger partial charge on any atom is -0.383 e. The Morgan fingerprint density at radius 2 is 1.08 bits per heavy atom. The van der Waals surface area contributed by atoms with E-state index in [9.17, 15) is 0 Å². The SMILES string of the molecule is C=C(C[P+](c1ccc(Cl)cc1)(c1ccc(Cl)cc1)c1ccc(Cl)cc1)NC1CC(C)(C)N(C)C(C)(C)C1. The van der Waals surface area contributed by atoms with Gasteiger partial charge in [-0.15, -0.1) is 0 Å². The van der Waals surface area contributed by atoms with Gasteiger partial charge in [-0.2, -0.15) is 0 Å². The molecule has 1 aliphatic heterocycles. The number of nitrogens with one attached hydrogen (secondary N) is 1. The number of likely N-dealkylation sites (tertiary alicyclic amines) is 1. The number of benzene rings is 3. The summed E-state index contributed by atoms with van der Waals surface area (Å²) in [4.78, 5) is 2.51. The molecule has 1 N–H and O–H groups in total. The Morgan fingerprint density at radius 1 is 0.757 bits per heavy atom. The predicted molar refractivity (Wildman–Crippen MR) is 166 cm³/mol. The van der Waals surface area contributed by atoms with Gasteiger partial charge in [-0.1, -0.05) is 41.4 Å². The van der Waals surface area contributed by atoms with E-state index in [4.69, 9.17) is 34.8 Å². The zero-order valence-electron chi connectivity index (χ0n) is 22.4. The fourth-order valence-electron chi connectivity index (χ4n) is 5.90. The molecule has 0 spiro atoms. The van der Waals surface area contributed by atoms with Gasteiger partial charge in [0.15, 0.2) is 0 Å². The molecule has 1 fully saturated rings. The normalized spacial score (nSPS) is 17.9. The van der Waals surface area contributed by atoms with Crippen molar-refractivity contribution >= 4 is 58.0 Å². The standard InChI is InChI=1S/C31H37Cl3N2P/c1-22(35-26-19-30(2,3)36(6)31(4,5)20-26)21-37(27-13-7-23(32)8-14-27,28-15-9-24(33)10-16-28)29-17-11-25(34)12-18-29/h7-18,26,35H,1,19-21H2,2-6H3/q+1. The summed E-state index contributed by atoms with van der Waals surface area (Å²) in [5.74, 6) is 0. The maximum atomic E-state index is 6.34. The number of halogens is 3. The molecule has 37 heavy (non-hydrogen) atoms. The van der Waals surface area contributed by atoms with Crippen LogP contribution in [0, 0.1) is 0 Å². The quantitative estimate of drug-likeness (QED) is 0.291. The van der Waals surface area contributed by atoms with Gasteiger partial charge in [0.2, 0.25) is 0 Å². The number of nitrogens with zero attached hydrogens (tertiary/aromatic N) is 1. The van der Waals surface area contributed by atoms with Crippen molar-refractivity contribution in [3.63, 3.8) is 0 Å². The molecule has 2 nitrogen and oxygen atoms in total. The Balaban J connectivity index is 1.79. The third kappa shape index (κ3) is 6.05. The van der Waals surface area contributed by atoms with Crippen LogP contribution in [-0.4, -0.2) is 35.2 Å². The molecule has 0 aliphatic carbocycles. The van der Waals surface area contributed by atoms with Crippen LogP contribution < -0.4 is 21.2 Å². The van der Waals surface area contributed by atoms with Crippen LogP contribution in [0.2, 0.25) is 15.1 Å². The number of allylic oxidation sites excluding steroid dienone is 1. The first kappa shape index (κ1) is 28.5. The van der Waals surface area contributed by atoms with Gasteiger partial charge in [0.1, 0.15) is 29.3 Å². The number of piperidine rings is 1. The maximum absolute atomic E-state index is 6.34. The van der Waals surface area contributed by atoms with Crippen molar-refractivity contribution in [1.82, 2.24) is 10.2 Å². The summed E-state index contributed by atoms with van der Waals surface area (Å²) < 4.78 is 0. The molecule has 3 aromatic rings. The zero-order chi connectivity index (χ0) is 27.0. The van der Waals surface area contributed by atoms with Crippen molar-refractivity contribution < 1.29 is 0 Å². The third-order valence-electron chi connectivity index (χ3n) is 7.95. The fourth-order valence-corrected chi connectivity index (χ4v) is 10.4. The molecule has 1 heterocycles. The van der Waals surface area contributed by atoms with Crippen LogP contribution in [0.3, 0.4) is 0 Å². The molecule has 3 aromatic carbocycles. The lowest BCUT2D eigenvalue weighted by Crippen LogP contribution is -2.62. The minimum atomic E-state index is -2.16. The first-order valence-corrected chi connectivity index (χ1v) is 15.8. The fraction of sp³-hybridized carbons (Fsp3) is 0.355. The van der Waals surface area contributed by atoms with E-state index in [0.29, 0.717) is 6.04 Å². The topological polar surface area (TPSA) is 15.3 Å². The van der Waals surface area contributed by atoms with Crippen molar-refractivity contribution in [1.29, 1.82) is 0 Å². The van der Waals surface area contributed by atoms with Crippen molar-refractivity contribution in [3.05, 3.63) is 100 Å². The van der Waals surface area contributed by atoms with Gasteiger partial charge in [-0.25, -0.2) is 0 Å². The molecule has 0 atom stereocenters. The summed E-state index contributed by atoms with van der Waals surface area (Å²) in [7, 11) is 0.0778. The van der Waals surface area contributed by atoms with E-state index < -0.39 is 7.26 Å². The second kappa shape index (κ2) is 10.9. The van der Waals surface area contributed by atoms with Crippen LogP contribution in [0.1, 0.15) is 40.5 Å². The summed E-state index contributed by atoms with van der Waals surface area (Å²) in [6, 6.07) is 25.2. The van der Waals surface area contributed by atoms with Crippen molar-refractivity contribution in [2.45, 2.75) is 57.7 Å². The second-order valence-electron chi connectivity index (χ2n) is 11.4. The number of hydrogen-bond donors (Lipinski definition) is 1. The predicted octanol–water partition coefficient (Wildman–Crippen LogP) is 7.70. The molecular weight excluding hydrogens is 538 g/mol. The highest BCUT2D eigenvalue weighted by Gasteiger charge is 2.47. The molecule has 0 aromatic heterocycles. The molecule has 6 heteroatoms. The highest BCUT2D eigenvalue weighted by atomic mass is 35.5. The first-order valence-electron chi connectivity index (χ1n) is 12.7. The lowest BCUT2D eigenvalue weighted by atomic mass is 9.77. The van der Waals surface area contributed by atoms with Gasteiger partial charge in [-0.3, -0.25) is 4.90 Å². The number of hydrogen-bond acceptors (Lipinski definition) is 2. The van der Waals surface area contributed by atoms with Crippen LogP contribution in [0.15, 0.2) is 85.1 Å². The highest BCUT2D eigenvalue weighted by Crippen LogP contribution is 2.56. The van der Waals surface area contributed by atoms with Gasteiger partial charge >= 0.3 is 0 Å². The summed E-state index contributed by atoms with van der Waals surface area (Å²) >= 11 is 19.0. The maximum Gasteiger partial charge on any atom is 0.118 e. The van der Waals surface area contributed by atoms with Crippen LogP contribution in [0.25, 0.3) is 0 Å². The third-order valence-corrected chi connectivity index (χ3v) is 13.1. The molecular formula is C31H37Cl3N2P+. The minimum absolute atomic E-state index is 0.0917. The Kier molecular flexibility index (Phi) is 8.40. The molecule has 1 saturated heterocycles. The molecule has 1 aliphatic rings. The van der Waals surface area contributed by atoms with Crippen LogP contribution in [-0.2, 0) is 0 Å². The van der Waals surface area contributed by atoms with E-state index in [-0.39, 0.29) is 11.1 Å². The van der Waals surface area contributed by atoms with E-state index in [1.54, 1.807) is 0 Å². The Morgan fingerprint density at radius 3 is 1.41 bits per heavy atom. The summed E-state index contributed by atoms with van der Waals surface area (Å²) in [5, 5.41) is 9.78.